The molecule has 2 aromatic rings. The monoisotopic (exact) mass is 341 g/mol. The van der Waals surface area contributed by atoms with Gasteiger partial charge >= 0.3 is 5.97 Å². The molecule has 0 spiro atoms. The van der Waals surface area contributed by atoms with E-state index < -0.39 is 5.97 Å². The Morgan fingerprint density at radius 2 is 1.83 bits per heavy atom. The number of nitrogens with one attached hydrogen (secondary N) is 1. The van der Waals surface area contributed by atoms with E-state index in [-0.39, 0.29) is 12.1 Å². The van der Waals surface area contributed by atoms with Gasteiger partial charge in [0.2, 0.25) is 0 Å². The molecule has 0 aliphatic carbocycles. The van der Waals surface area contributed by atoms with Gasteiger partial charge in [-0.15, -0.1) is 11.8 Å². The maximum Gasteiger partial charge on any atom is 0.349 e. The topological polar surface area (TPSA) is 61.2 Å². The molecule has 0 aliphatic heterocycles. The van der Waals surface area contributed by atoms with Crippen LogP contribution >= 0.6 is 11.8 Å². The number of aliphatic carboxylic acids is 1. The van der Waals surface area contributed by atoms with Crippen LogP contribution in [0.5, 0.6) is 0 Å². The van der Waals surface area contributed by atoms with Gasteiger partial charge in [-0.05, 0) is 46.9 Å². The molecule has 0 heterocycles. The number of carboxylic acids is 1. The van der Waals surface area contributed by atoms with E-state index in [1.165, 1.54) is 11.3 Å². The first-order valence-electron chi connectivity index (χ1n) is 8.08. The summed E-state index contributed by atoms with van der Waals surface area (Å²) in [5.74, 6) is 0.691. The average molecular weight is 341 g/mol. The third-order valence-electron chi connectivity index (χ3n) is 3.72. The van der Waals surface area contributed by atoms with Gasteiger partial charge in [-0.25, -0.2) is 4.79 Å². The molecule has 2 aromatic carbocycles. The van der Waals surface area contributed by atoms with E-state index in [0.29, 0.717) is 0 Å². The van der Waals surface area contributed by atoms with Crippen molar-refractivity contribution in [3.63, 3.8) is 0 Å². The summed E-state index contributed by atoms with van der Waals surface area (Å²) in [5.41, 5.74) is 2.70. The Bertz CT molecular complexity index is 708. The van der Waals surface area contributed by atoms with E-state index in [2.05, 4.69) is 38.1 Å². The molecule has 126 valence electrons. The maximum absolute atomic E-state index is 10.8. The van der Waals surface area contributed by atoms with Gasteiger partial charge in [0.05, 0.1) is 0 Å². The number of carbonyl (C=O) groups is 1. The van der Waals surface area contributed by atoms with Gasteiger partial charge in [-0.1, -0.05) is 50.2 Å². The van der Waals surface area contributed by atoms with Gasteiger partial charge in [0.15, 0.2) is 0 Å². The van der Waals surface area contributed by atoms with Crippen LogP contribution in [0.1, 0.15) is 25.8 Å². The zero-order chi connectivity index (χ0) is 17.5. The summed E-state index contributed by atoms with van der Waals surface area (Å²) in [6.07, 6.45) is 1.36. The van der Waals surface area contributed by atoms with Gasteiger partial charge in [0.25, 0.3) is 0 Å². The summed E-state index contributed by atoms with van der Waals surface area (Å²) in [5, 5.41) is 16.3. The lowest BCUT2D eigenvalue weighted by atomic mass is 10.0. The van der Waals surface area contributed by atoms with Crippen LogP contribution in [-0.4, -0.2) is 22.5 Å². The molecule has 0 unspecified atom stereocenters. The van der Waals surface area contributed by atoms with Crippen LogP contribution in [0, 0.1) is 11.3 Å². The fourth-order valence-electron chi connectivity index (χ4n) is 2.30. The summed E-state index contributed by atoms with van der Waals surface area (Å²) in [4.78, 5) is 12.1. The maximum atomic E-state index is 10.8. The van der Waals surface area contributed by atoms with E-state index in [1.807, 2.05) is 36.0 Å². The van der Waals surface area contributed by atoms with Crippen molar-refractivity contribution in [2.75, 3.05) is 5.75 Å². The molecule has 0 bridgehead atoms. The lowest BCUT2D eigenvalue weighted by Gasteiger charge is -2.08. The van der Waals surface area contributed by atoms with Gasteiger partial charge in [-0.2, -0.15) is 0 Å². The van der Waals surface area contributed by atoms with Crippen molar-refractivity contribution in [2.24, 2.45) is 5.92 Å². The number of thioether (sulfide) groups is 1. The van der Waals surface area contributed by atoms with Crippen LogP contribution < -0.4 is 0 Å². The molecule has 2 N–H and O–H groups in total. The SMILES string of the molecule is CC(C)CCSc1ccc(-c2cccc(CC(=N)C(=O)O)c2)cc1. The first kappa shape index (κ1) is 18.3. The van der Waals surface area contributed by atoms with E-state index >= 15 is 0 Å². The molecule has 0 aromatic heterocycles. The number of rotatable bonds is 8. The van der Waals surface area contributed by atoms with Gasteiger partial charge in [-0.3, -0.25) is 5.41 Å². The molecule has 24 heavy (non-hydrogen) atoms. The van der Waals surface area contributed by atoms with Gasteiger partial charge in [0.1, 0.15) is 5.71 Å². The minimum Gasteiger partial charge on any atom is -0.477 e. The smallest absolute Gasteiger partial charge is 0.349 e. The van der Waals surface area contributed by atoms with E-state index in [4.69, 9.17) is 10.5 Å². The van der Waals surface area contributed by atoms with Crippen molar-refractivity contribution in [1.29, 1.82) is 5.41 Å². The van der Waals surface area contributed by atoms with Crippen LogP contribution in [0.4, 0.5) is 0 Å². The second-order valence-electron chi connectivity index (χ2n) is 6.22. The molecule has 0 radical (unpaired) electrons. The normalized spacial score (nSPS) is 10.8. The van der Waals surface area contributed by atoms with Crippen molar-refractivity contribution in [3.8, 4) is 11.1 Å². The third kappa shape index (κ3) is 5.53. The van der Waals surface area contributed by atoms with Crippen molar-refractivity contribution >= 4 is 23.4 Å². The Kier molecular flexibility index (Phi) is 6.62. The Labute approximate surface area is 147 Å². The molecule has 3 nitrogen and oxygen atoms in total. The Balaban J connectivity index is 2.06. The Morgan fingerprint density at radius 3 is 2.46 bits per heavy atom. The summed E-state index contributed by atoms with van der Waals surface area (Å²) in [7, 11) is 0. The van der Waals surface area contributed by atoms with Gasteiger partial charge in [0, 0.05) is 11.3 Å². The minimum atomic E-state index is -1.16. The van der Waals surface area contributed by atoms with Crippen LogP contribution in [0.25, 0.3) is 11.1 Å². The highest BCUT2D eigenvalue weighted by molar-refractivity contribution is 7.99. The highest BCUT2D eigenvalue weighted by Gasteiger charge is 2.08. The van der Waals surface area contributed by atoms with Crippen LogP contribution in [0.15, 0.2) is 53.4 Å². The van der Waals surface area contributed by atoms with E-state index in [0.717, 1.165) is 28.4 Å². The Hall–Kier alpha value is -2.07. The second kappa shape index (κ2) is 8.69. The lowest BCUT2D eigenvalue weighted by Crippen LogP contribution is -2.14. The molecule has 4 heteroatoms. The predicted octanol–water partition coefficient (Wildman–Crippen LogP) is 5.14. The van der Waals surface area contributed by atoms with Crippen LogP contribution in [0.3, 0.4) is 0 Å². The average Bonchev–Trinajstić information content (AvgIpc) is 2.55. The highest BCUT2D eigenvalue weighted by atomic mass is 32.2. The molecular weight excluding hydrogens is 318 g/mol. The molecule has 0 atom stereocenters. The molecule has 0 aliphatic rings. The zero-order valence-corrected chi connectivity index (χ0v) is 14.9. The van der Waals surface area contributed by atoms with Crippen LogP contribution in [-0.2, 0) is 11.2 Å². The molecule has 0 fully saturated rings. The van der Waals surface area contributed by atoms with Crippen molar-refractivity contribution in [3.05, 3.63) is 54.1 Å². The Morgan fingerprint density at radius 1 is 1.12 bits per heavy atom. The standard InChI is InChI=1S/C20H23NO2S/c1-14(2)10-11-24-18-8-6-16(7-9-18)17-5-3-4-15(12-17)13-19(21)20(22)23/h3-9,12,14,21H,10-11,13H2,1-2H3,(H,22,23). The number of carboxylic acid groups (broad SMARTS) is 1. The predicted molar refractivity (Wildman–Crippen MR) is 101 cm³/mol. The summed E-state index contributed by atoms with van der Waals surface area (Å²) in [6.45, 7) is 4.47. The molecule has 0 saturated carbocycles. The summed E-state index contributed by atoms with van der Waals surface area (Å²) >= 11 is 1.87. The summed E-state index contributed by atoms with van der Waals surface area (Å²) in [6, 6.07) is 16.2. The summed E-state index contributed by atoms with van der Waals surface area (Å²) < 4.78 is 0. The van der Waals surface area contributed by atoms with Gasteiger partial charge < -0.3 is 5.11 Å². The second-order valence-corrected chi connectivity index (χ2v) is 7.38. The fraction of sp³-hybridized carbons (Fsp3) is 0.300. The molecule has 0 amide bonds. The first-order chi connectivity index (χ1) is 11.5. The first-order valence-corrected chi connectivity index (χ1v) is 9.07. The number of hydrogen-bond acceptors (Lipinski definition) is 3. The zero-order valence-electron chi connectivity index (χ0n) is 14.1. The van der Waals surface area contributed by atoms with Crippen LogP contribution in [0.2, 0.25) is 0 Å². The van der Waals surface area contributed by atoms with E-state index in [9.17, 15) is 4.79 Å². The molecule has 2 rings (SSSR count). The van der Waals surface area contributed by atoms with Crippen molar-refractivity contribution in [2.45, 2.75) is 31.6 Å². The van der Waals surface area contributed by atoms with E-state index in [1.54, 1.807) is 0 Å². The highest BCUT2D eigenvalue weighted by Crippen LogP contribution is 2.26. The minimum absolute atomic E-state index is 0.145. The lowest BCUT2D eigenvalue weighted by molar-refractivity contribution is -0.129. The number of benzene rings is 2. The quantitative estimate of drug-likeness (QED) is 0.516. The van der Waals surface area contributed by atoms with Crippen molar-refractivity contribution in [1.82, 2.24) is 0 Å². The third-order valence-corrected chi connectivity index (χ3v) is 4.76. The van der Waals surface area contributed by atoms with Crippen molar-refractivity contribution < 1.29 is 9.90 Å². The number of hydrogen-bond donors (Lipinski definition) is 2. The molecular formula is C20H23NO2S. The fourth-order valence-corrected chi connectivity index (χ4v) is 3.45. The molecule has 0 saturated heterocycles. The largest absolute Gasteiger partial charge is 0.477 e.